The second kappa shape index (κ2) is 5.63. The number of carboxylic acids is 1. The highest BCUT2D eigenvalue weighted by Gasteiger charge is 2.48. The molecule has 0 aliphatic heterocycles. The molecule has 1 aliphatic carbocycles. The quantitative estimate of drug-likeness (QED) is 0.871. The summed E-state index contributed by atoms with van der Waals surface area (Å²) in [6.07, 6.45) is -4.48. The molecule has 2 atom stereocenters. The first-order valence-corrected chi connectivity index (χ1v) is 6.11. The number of carbonyl (C=O) groups is 2. The van der Waals surface area contributed by atoms with Crippen molar-refractivity contribution in [3.8, 4) is 5.75 Å². The fourth-order valence-corrected chi connectivity index (χ4v) is 1.93. The van der Waals surface area contributed by atoms with Crippen LogP contribution >= 0.6 is 0 Å². The fourth-order valence-electron chi connectivity index (χ4n) is 1.93. The zero-order chi connectivity index (χ0) is 15.6. The lowest BCUT2D eigenvalue weighted by Crippen LogP contribution is -2.26. The molecule has 0 bridgehead atoms. The molecule has 2 unspecified atom stereocenters. The zero-order valence-corrected chi connectivity index (χ0v) is 10.7. The molecule has 1 aromatic carbocycles. The Kier molecular flexibility index (Phi) is 4.06. The van der Waals surface area contributed by atoms with Gasteiger partial charge in [-0.3, -0.25) is 9.59 Å². The first-order chi connectivity index (χ1) is 9.76. The number of rotatable bonds is 5. The minimum absolute atomic E-state index is 0.0106. The Morgan fingerprint density at radius 2 is 2.05 bits per heavy atom. The number of carbonyl (C=O) groups excluding carboxylic acids is 1. The Balaban J connectivity index is 1.88. The lowest BCUT2D eigenvalue weighted by Gasteiger charge is -2.10. The molecule has 0 saturated heterocycles. The van der Waals surface area contributed by atoms with Crippen LogP contribution in [0.4, 0.5) is 13.2 Å². The summed E-state index contributed by atoms with van der Waals surface area (Å²) in [5.41, 5.74) is 0.428. The fraction of sp³-hybridized carbons (Fsp3) is 0.385. The number of benzene rings is 1. The molecule has 0 spiro atoms. The summed E-state index contributed by atoms with van der Waals surface area (Å²) in [5, 5.41) is 11.2. The minimum atomic E-state index is -4.77. The Bertz CT molecular complexity index is 559. The number of aliphatic carboxylic acids is 1. The van der Waals surface area contributed by atoms with Gasteiger partial charge in [0.15, 0.2) is 0 Å². The SMILES string of the molecule is O=C(O)C1CC1C(=O)NCc1cccc(OC(F)(F)F)c1. The highest BCUT2D eigenvalue weighted by atomic mass is 19.4. The molecule has 0 radical (unpaired) electrons. The molecule has 5 nitrogen and oxygen atoms in total. The number of halogens is 3. The number of amides is 1. The number of alkyl halides is 3. The van der Waals surface area contributed by atoms with Crippen molar-refractivity contribution in [2.24, 2.45) is 11.8 Å². The summed E-state index contributed by atoms with van der Waals surface area (Å²) in [6.45, 7) is 0.0106. The van der Waals surface area contributed by atoms with Crippen molar-refractivity contribution in [2.45, 2.75) is 19.3 Å². The maximum absolute atomic E-state index is 12.1. The van der Waals surface area contributed by atoms with Gasteiger partial charge in [0.25, 0.3) is 0 Å². The predicted molar refractivity (Wildman–Crippen MR) is 64.2 cm³/mol. The van der Waals surface area contributed by atoms with Gasteiger partial charge in [0.1, 0.15) is 5.75 Å². The largest absolute Gasteiger partial charge is 0.573 e. The monoisotopic (exact) mass is 303 g/mol. The third-order valence-corrected chi connectivity index (χ3v) is 3.04. The molecule has 1 amide bonds. The van der Waals surface area contributed by atoms with Crippen molar-refractivity contribution in [2.75, 3.05) is 0 Å². The number of nitrogens with one attached hydrogen (secondary N) is 1. The van der Waals surface area contributed by atoms with Gasteiger partial charge in [0, 0.05) is 6.54 Å². The maximum Gasteiger partial charge on any atom is 0.573 e. The van der Waals surface area contributed by atoms with Gasteiger partial charge in [-0.05, 0) is 24.1 Å². The number of hydrogen-bond acceptors (Lipinski definition) is 3. The van der Waals surface area contributed by atoms with Crippen LogP contribution in [0.1, 0.15) is 12.0 Å². The van der Waals surface area contributed by atoms with Crippen molar-refractivity contribution < 1.29 is 32.6 Å². The summed E-state index contributed by atoms with van der Waals surface area (Å²) >= 11 is 0. The second-order valence-electron chi connectivity index (χ2n) is 4.70. The van der Waals surface area contributed by atoms with Crippen molar-refractivity contribution in [3.63, 3.8) is 0 Å². The van der Waals surface area contributed by atoms with Gasteiger partial charge in [0.2, 0.25) is 5.91 Å². The van der Waals surface area contributed by atoms with E-state index < -0.39 is 30.1 Å². The van der Waals surface area contributed by atoms with E-state index in [9.17, 15) is 22.8 Å². The lowest BCUT2D eigenvalue weighted by atomic mass is 10.2. The summed E-state index contributed by atoms with van der Waals surface area (Å²) in [4.78, 5) is 22.2. The van der Waals surface area contributed by atoms with Crippen LogP contribution in [0.2, 0.25) is 0 Å². The summed E-state index contributed by atoms with van der Waals surface area (Å²) in [6, 6.07) is 5.22. The molecule has 0 heterocycles. The first-order valence-electron chi connectivity index (χ1n) is 6.11. The minimum Gasteiger partial charge on any atom is -0.481 e. The van der Waals surface area contributed by atoms with E-state index in [2.05, 4.69) is 10.1 Å². The lowest BCUT2D eigenvalue weighted by molar-refractivity contribution is -0.274. The first kappa shape index (κ1) is 15.1. The van der Waals surface area contributed by atoms with E-state index in [1.54, 1.807) is 0 Å². The third kappa shape index (κ3) is 4.37. The van der Waals surface area contributed by atoms with Crippen LogP contribution in [0.3, 0.4) is 0 Å². The number of ether oxygens (including phenoxy) is 1. The van der Waals surface area contributed by atoms with Gasteiger partial charge in [0.05, 0.1) is 11.8 Å². The Hall–Kier alpha value is -2.25. The van der Waals surface area contributed by atoms with Crippen LogP contribution in [0.5, 0.6) is 5.75 Å². The van der Waals surface area contributed by atoms with E-state index in [1.165, 1.54) is 12.1 Å². The van der Waals surface area contributed by atoms with E-state index in [0.717, 1.165) is 12.1 Å². The molecular formula is C13H12F3NO4. The normalized spacial score (nSPS) is 20.7. The van der Waals surface area contributed by atoms with Gasteiger partial charge in [-0.1, -0.05) is 12.1 Å². The van der Waals surface area contributed by atoms with Crippen LogP contribution in [0.25, 0.3) is 0 Å². The standard InChI is InChI=1S/C13H12F3NO4/c14-13(15,16)21-8-3-1-2-7(4-8)6-17-11(18)9-5-10(9)12(19)20/h1-4,9-10H,5-6H2,(H,17,18)(H,19,20). The molecule has 21 heavy (non-hydrogen) atoms. The van der Waals surface area contributed by atoms with Crippen molar-refractivity contribution in [3.05, 3.63) is 29.8 Å². The van der Waals surface area contributed by atoms with Crippen LogP contribution in [-0.4, -0.2) is 23.3 Å². The van der Waals surface area contributed by atoms with Crippen LogP contribution in [0, 0.1) is 11.8 Å². The van der Waals surface area contributed by atoms with Gasteiger partial charge >= 0.3 is 12.3 Å². The van der Waals surface area contributed by atoms with Gasteiger partial charge < -0.3 is 15.2 Å². The van der Waals surface area contributed by atoms with E-state index in [0.29, 0.717) is 12.0 Å². The smallest absolute Gasteiger partial charge is 0.481 e. The van der Waals surface area contributed by atoms with Gasteiger partial charge in [-0.25, -0.2) is 0 Å². The third-order valence-electron chi connectivity index (χ3n) is 3.04. The molecule has 8 heteroatoms. The predicted octanol–water partition coefficient (Wildman–Crippen LogP) is 1.92. The van der Waals surface area contributed by atoms with Gasteiger partial charge in [-0.2, -0.15) is 0 Å². The summed E-state index contributed by atoms with van der Waals surface area (Å²) in [7, 11) is 0. The number of hydrogen-bond donors (Lipinski definition) is 2. The summed E-state index contributed by atoms with van der Waals surface area (Å²) < 4.78 is 40.0. The Morgan fingerprint density at radius 1 is 1.33 bits per heavy atom. The van der Waals surface area contributed by atoms with Crippen molar-refractivity contribution in [1.82, 2.24) is 5.32 Å². The molecule has 114 valence electrons. The Morgan fingerprint density at radius 3 is 2.62 bits per heavy atom. The summed E-state index contributed by atoms with van der Waals surface area (Å²) in [5.74, 6) is -3.02. The molecular weight excluding hydrogens is 291 g/mol. The van der Waals surface area contributed by atoms with Crippen LogP contribution < -0.4 is 10.1 Å². The zero-order valence-electron chi connectivity index (χ0n) is 10.7. The van der Waals surface area contributed by atoms with Crippen LogP contribution in [-0.2, 0) is 16.1 Å². The van der Waals surface area contributed by atoms with E-state index in [1.807, 2.05) is 0 Å². The van der Waals surface area contributed by atoms with Crippen LogP contribution in [0.15, 0.2) is 24.3 Å². The molecule has 2 N–H and O–H groups in total. The maximum atomic E-state index is 12.1. The molecule has 2 rings (SSSR count). The molecule has 1 saturated carbocycles. The molecule has 1 aliphatic rings. The average Bonchev–Trinajstić information content (AvgIpc) is 3.14. The van der Waals surface area contributed by atoms with Crippen molar-refractivity contribution >= 4 is 11.9 Å². The topological polar surface area (TPSA) is 75.6 Å². The van der Waals surface area contributed by atoms with Crippen molar-refractivity contribution in [1.29, 1.82) is 0 Å². The van der Waals surface area contributed by atoms with Gasteiger partial charge in [-0.15, -0.1) is 13.2 Å². The van der Waals surface area contributed by atoms with E-state index >= 15 is 0 Å². The molecule has 0 aromatic heterocycles. The van der Waals surface area contributed by atoms with E-state index in [4.69, 9.17) is 5.11 Å². The Labute approximate surface area is 117 Å². The second-order valence-corrected chi connectivity index (χ2v) is 4.70. The number of carboxylic acid groups (broad SMARTS) is 1. The van der Waals surface area contributed by atoms with E-state index in [-0.39, 0.29) is 12.3 Å². The average molecular weight is 303 g/mol. The molecule has 1 fully saturated rings. The highest BCUT2D eigenvalue weighted by Crippen LogP contribution is 2.38. The highest BCUT2D eigenvalue weighted by molar-refractivity contribution is 5.89. The molecule has 1 aromatic rings.